The van der Waals surface area contributed by atoms with E-state index < -0.39 is 0 Å². The van der Waals surface area contributed by atoms with Gasteiger partial charge in [0.1, 0.15) is 17.0 Å². The quantitative estimate of drug-likeness (QED) is 0.249. The first-order valence-electron chi connectivity index (χ1n) is 12.6. The van der Waals surface area contributed by atoms with Gasteiger partial charge in [-0.25, -0.2) is 4.98 Å². The Hall–Kier alpha value is -5.22. The van der Waals surface area contributed by atoms with Crippen molar-refractivity contribution in [2.75, 3.05) is 4.90 Å². The van der Waals surface area contributed by atoms with E-state index in [1.807, 2.05) is 24.5 Å². The predicted molar refractivity (Wildman–Crippen MR) is 157 cm³/mol. The van der Waals surface area contributed by atoms with E-state index in [1.54, 1.807) is 0 Å². The summed E-state index contributed by atoms with van der Waals surface area (Å²) < 4.78 is 6.39. The van der Waals surface area contributed by atoms with Crippen molar-refractivity contribution in [2.24, 2.45) is 0 Å². The normalized spacial score (nSPS) is 11.7. The average Bonchev–Trinajstić information content (AvgIpc) is 3.32. The first-order chi connectivity index (χ1) is 18.8. The molecule has 0 amide bonds. The second kappa shape index (κ2) is 8.15. The molecule has 3 aromatic heterocycles. The van der Waals surface area contributed by atoms with Gasteiger partial charge in [-0.15, -0.1) is 0 Å². The summed E-state index contributed by atoms with van der Waals surface area (Å²) in [5, 5.41) is 7.85. The molecule has 0 aliphatic heterocycles. The Morgan fingerprint density at radius 3 is 2.11 bits per heavy atom. The number of hydrogen-bond acceptors (Lipinski definition) is 4. The molecule has 178 valence electrons. The van der Waals surface area contributed by atoms with Gasteiger partial charge in [0.25, 0.3) is 0 Å². The number of aromatic nitrogens is 2. The fraction of sp³-hybridized carbons (Fsp3) is 0. The lowest BCUT2D eigenvalue weighted by atomic mass is 10.1. The molecule has 0 aliphatic rings. The van der Waals surface area contributed by atoms with Crippen LogP contribution in [0.25, 0.3) is 54.4 Å². The zero-order valence-electron chi connectivity index (χ0n) is 20.4. The van der Waals surface area contributed by atoms with E-state index in [0.717, 1.165) is 60.8 Å². The summed E-state index contributed by atoms with van der Waals surface area (Å²) in [5.74, 6) is 0.851. The van der Waals surface area contributed by atoms with Gasteiger partial charge in [-0.05, 0) is 64.7 Å². The number of anilines is 3. The molecule has 0 radical (unpaired) electrons. The van der Waals surface area contributed by atoms with Crippen LogP contribution in [0.3, 0.4) is 0 Å². The molecule has 0 atom stereocenters. The first kappa shape index (κ1) is 20.9. The summed E-state index contributed by atoms with van der Waals surface area (Å²) in [6, 6.07) is 40.0. The van der Waals surface area contributed by atoms with Gasteiger partial charge in [0.05, 0.1) is 11.2 Å². The van der Waals surface area contributed by atoms with Gasteiger partial charge in [0, 0.05) is 45.7 Å². The van der Waals surface area contributed by atoms with Crippen LogP contribution < -0.4 is 4.90 Å². The maximum absolute atomic E-state index is 6.39. The smallest absolute Gasteiger partial charge is 0.138 e. The van der Waals surface area contributed by atoms with E-state index in [9.17, 15) is 0 Å². The Labute approximate surface area is 218 Å². The van der Waals surface area contributed by atoms with E-state index in [4.69, 9.17) is 9.40 Å². The molecule has 38 heavy (non-hydrogen) atoms. The molecule has 8 aromatic rings. The van der Waals surface area contributed by atoms with Crippen LogP contribution >= 0.6 is 0 Å². The molecule has 8 rings (SSSR count). The standard InChI is InChI=1S/C34H21N3O/c1-2-7-23-16-27(12-11-22(23)6-1)37(34-18-24-8-3-4-9-26(24)21-36-34)28-13-14-29-30-20-31-25(10-5-15-35-31)17-32(30)38-33(29)19-28/h1-21H. The SMILES string of the molecule is c1ccc2cc(N(c3ccc4c(c3)oc3cc5cccnc5cc34)c3cc4ccccc4cn3)ccc2c1. The lowest BCUT2D eigenvalue weighted by molar-refractivity contribution is 0.669. The van der Waals surface area contributed by atoms with Crippen LogP contribution in [0.1, 0.15) is 0 Å². The summed E-state index contributed by atoms with van der Waals surface area (Å²) >= 11 is 0. The minimum atomic E-state index is 0.833. The van der Waals surface area contributed by atoms with Gasteiger partial charge in [0.2, 0.25) is 0 Å². The minimum Gasteiger partial charge on any atom is -0.456 e. The minimum absolute atomic E-state index is 0.833. The third-order valence-corrected chi connectivity index (χ3v) is 7.27. The highest BCUT2D eigenvalue weighted by atomic mass is 16.3. The van der Waals surface area contributed by atoms with Crippen molar-refractivity contribution >= 4 is 71.6 Å². The maximum atomic E-state index is 6.39. The van der Waals surface area contributed by atoms with Crippen LogP contribution in [-0.2, 0) is 0 Å². The molecule has 0 N–H and O–H groups in total. The summed E-state index contributed by atoms with van der Waals surface area (Å²) in [6.45, 7) is 0. The van der Waals surface area contributed by atoms with Crippen molar-refractivity contribution in [1.29, 1.82) is 0 Å². The van der Waals surface area contributed by atoms with E-state index >= 15 is 0 Å². The Balaban J connectivity index is 1.35. The fourth-order valence-corrected chi connectivity index (χ4v) is 5.39. The number of pyridine rings is 2. The summed E-state index contributed by atoms with van der Waals surface area (Å²) in [4.78, 5) is 11.6. The lowest BCUT2D eigenvalue weighted by Gasteiger charge is -2.25. The summed E-state index contributed by atoms with van der Waals surface area (Å²) in [5.41, 5.74) is 4.68. The molecule has 0 bridgehead atoms. The third kappa shape index (κ3) is 3.31. The van der Waals surface area contributed by atoms with Gasteiger partial charge in [0.15, 0.2) is 0 Å². The molecule has 0 saturated heterocycles. The highest BCUT2D eigenvalue weighted by Gasteiger charge is 2.17. The monoisotopic (exact) mass is 487 g/mol. The predicted octanol–water partition coefficient (Wildman–Crippen LogP) is 9.31. The van der Waals surface area contributed by atoms with Crippen LogP contribution in [0.4, 0.5) is 17.2 Å². The zero-order valence-corrected chi connectivity index (χ0v) is 20.4. The second-order valence-corrected chi connectivity index (χ2v) is 9.58. The average molecular weight is 488 g/mol. The molecule has 5 aromatic carbocycles. The van der Waals surface area contributed by atoms with E-state index in [2.05, 4.69) is 113 Å². The number of hydrogen-bond donors (Lipinski definition) is 0. The van der Waals surface area contributed by atoms with Crippen molar-refractivity contribution in [3.63, 3.8) is 0 Å². The Morgan fingerprint density at radius 1 is 0.500 bits per heavy atom. The first-order valence-corrected chi connectivity index (χ1v) is 12.6. The van der Waals surface area contributed by atoms with Crippen LogP contribution in [0.2, 0.25) is 0 Å². The number of furan rings is 1. The Morgan fingerprint density at radius 2 is 1.21 bits per heavy atom. The highest BCUT2D eigenvalue weighted by molar-refractivity contribution is 6.10. The number of fused-ring (bicyclic) bond motifs is 6. The molecule has 0 fully saturated rings. The molecule has 4 nitrogen and oxygen atoms in total. The molecular formula is C34H21N3O. The van der Waals surface area contributed by atoms with Gasteiger partial charge in [-0.2, -0.15) is 0 Å². The number of nitrogens with zero attached hydrogens (tertiary/aromatic N) is 3. The molecule has 0 aliphatic carbocycles. The summed E-state index contributed by atoms with van der Waals surface area (Å²) in [7, 11) is 0. The van der Waals surface area contributed by atoms with Crippen LogP contribution in [0.5, 0.6) is 0 Å². The van der Waals surface area contributed by atoms with E-state index in [1.165, 1.54) is 10.8 Å². The van der Waals surface area contributed by atoms with Crippen LogP contribution in [0, 0.1) is 0 Å². The molecule has 3 heterocycles. The van der Waals surface area contributed by atoms with E-state index in [-0.39, 0.29) is 0 Å². The van der Waals surface area contributed by atoms with Gasteiger partial charge in [-0.1, -0.05) is 60.7 Å². The molecule has 0 saturated carbocycles. The van der Waals surface area contributed by atoms with Crippen molar-refractivity contribution in [2.45, 2.75) is 0 Å². The number of rotatable bonds is 3. The van der Waals surface area contributed by atoms with Crippen molar-refractivity contribution in [3.8, 4) is 0 Å². The summed E-state index contributed by atoms with van der Waals surface area (Å²) in [6.07, 6.45) is 3.77. The Kier molecular flexibility index (Phi) is 4.49. The lowest BCUT2D eigenvalue weighted by Crippen LogP contribution is -2.11. The highest BCUT2D eigenvalue weighted by Crippen LogP contribution is 2.39. The Bertz CT molecular complexity index is 2080. The largest absolute Gasteiger partial charge is 0.456 e. The van der Waals surface area contributed by atoms with Gasteiger partial charge in [-0.3, -0.25) is 9.88 Å². The second-order valence-electron chi connectivity index (χ2n) is 9.58. The van der Waals surface area contributed by atoms with Gasteiger partial charge >= 0.3 is 0 Å². The molecule has 0 unspecified atom stereocenters. The van der Waals surface area contributed by atoms with Crippen LogP contribution in [0.15, 0.2) is 132 Å². The molecule has 4 heteroatoms. The number of benzene rings is 5. The fourth-order valence-electron chi connectivity index (χ4n) is 5.39. The van der Waals surface area contributed by atoms with Crippen molar-refractivity contribution in [3.05, 3.63) is 128 Å². The topological polar surface area (TPSA) is 42.2 Å². The van der Waals surface area contributed by atoms with Crippen LogP contribution in [-0.4, -0.2) is 9.97 Å². The molecule has 0 spiro atoms. The third-order valence-electron chi connectivity index (χ3n) is 7.27. The van der Waals surface area contributed by atoms with E-state index in [0.29, 0.717) is 0 Å². The zero-order chi connectivity index (χ0) is 25.1. The maximum Gasteiger partial charge on any atom is 0.138 e. The van der Waals surface area contributed by atoms with Gasteiger partial charge < -0.3 is 4.42 Å². The van der Waals surface area contributed by atoms with Crippen molar-refractivity contribution in [1.82, 2.24) is 9.97 Å². The van der Waals surface area contributed by atoms with Crippen molar-refractivity contribution < 1.29 is 4.42 Å². The molecular weight excluding hydrogens is 466 g/mol.